The number of hydrogen-bond donors (Lipinski definition) is 2. The van der Waals surface area contributed by atoms with Gasteiger partial charge in [-0.2, -0.15) is 5.26 Å². The molecule has 0 spiro atoms. The predicted molar refractivity (Wildman–Crippen MR) is 110 cm³/mol. The number of nitrogens with one attached hydrogen (secondary N) is 2. The molecule has 2 aromatic rings. The van der Waals surface area contributed by atoms with Crippen LogP contribution in [0.5, 0.6) is 5.75 Å². The molecule has 2 N–H and O–H groups in total. The van der Waals surface area contributed by atoms with Gasteiger partial charge in [-0.1, -0.05) is 43.5 Å². The number of carbonyl (C=O) groups is 2. The van der Waals surface area contributed by atoms with Crippen molar-refractivity contribution in [2.75, 3.05) is 0 Å². The molecule has 0 saturated heterocycles. The van der Waals surface area contributed by atoms with E-state index in [9.17, 15) is 9.59 Å². The van der Waals surface area contributed by atoms with E-state index in [4.69, 9.17) is 10.00 Å². The van der Waals surface area contributed by atoms with Gasteiger partial charge in [0.05, 0.1) is 11.6 Å². The average molecular weight is 391 g/mol. The maximum atomic E-state index is 12.2. The highest BCUT2D eigenvalue weighted by molar-refractivity contribution is 5.96. The fourth-order valence-electron chi connectivity index (χ4n) is 3.40. The van der Waals surface area contributed by atoms with Gasteiger partial charge in [0.25, 0.3) is 5.91 Å². The molecule has 0 radical (unpaired) electrons. The van der Waals surface area contributed by atoms with Crippen LogP contribution in [0.15, 0.2) is 48.5 Å². The minimum Gasteiger partial charge on any atom is -0.481 e. The Bertz CT molecular complexity index is 879. The van der Waals surface area contributed by atoms with Crippen LogP contribution in [-0.4, -0.2) is 24.1 Å². The van der Waals surface area contributed by atoms with Gasteiger partial charge in [0.15, 0.2) is 6.10 Å². The summed E-state index contributed by atoms with van der Waals surface area (Å²) in [5.74, 6) is 0.0622. The molecule has 3 rings (SSSR count). The van der Waals surface area contributed by atoms with Gasteiger partial charge in [0.1, 0.15) is 5.75 Å². The monoisotopic (exact) mass is 391 g/mol. The topological polar surface area (TPSA) is 91.2 Å². The summed E-state index contributed by atoms with van der Waals surface area (Å²) in [6.45, 7) is 1.61. The zero-order valence-electron chi connectivity index (χ0n) is 16.5. The predicted octanol–water partition coefficient (Wildman–Crippen LogP) is 4.15. The van der Waals surface area contributed by atoms with Crippen molar-refractivity contribution < 1.29 is 14.3 Å². The van der Waals surface area contributed by atoms with E-state index in [1.165, 1.54) is 6.42 Å². The molecule has 1 aliphatic carbocycles. The molecular formula is C23H25N3O3. The third kappa shape index (κ3) is 5.82. The Morgan fingerprint density at radius 1 is 1.00 bits per heavy atom. The minimum absolute atomic E-state index is 0.141. The quantitative estimate of drug-likeness (QED) is 0.801. The summed E-state index contributed by atoms with van der Waals surface area (Å²) in [7, 11) is 0. The van der Waals surface area contributed by atoms with E-state index in [1.807, 2.05) is 24.3 Å². The molecule has 0 aliphatic heterocycles. The lowest BCUT2D eigenvalue weighted by Crippen LogP contribution is -2.48. The summed E-state index contributed by atoms with van der Waals surface area (Å²) in [6, 6.07) is 16.4. The fourth-order valence-corrected chi connectivity index (χ4v) is 3.40. The van der Waals surface area contributed by atoms with Crippen molar-refractivity contribution in [3.63, 3.8) is 0 Å². The van der Waals surface area contributed by atoms with E-state index in [2.05, 4.69) is 16.7 Å². The average Bonchev–Trinajstić information content (AvgIpc) is 2.75. The Morgan fingerprint density at radius 2 is 1.59 bits per heavy atom. The van der Waals surface area contributed by atoms with Crippen molar-refractivity contribution in [1.82, 2.24) is 10.6 Å². The first-order valence-electron chi connectivity index (χ1n) is 9.94. The molecule has 1 aliphatic rings. The van der Waals surface area contributed by atoms with E-state index in [1.54, 1.807) is 31.2 Å². The Balaban J connectivity index is 1.51. The van der Waals surface area contributed by atoms with Gasteiger partial charge in [-0.25, -0.2) is 4.79 Å². The Kier molecular flexibility index (Phi) is 6.85. The zero-order chi connectivity index (χ0) is 20.6. The largest absolute Gasteiger partial charge is 0.481 e. The highest BCUT2D eigenvalue weighted by atomic mass is 16.5. The van der Waals surface area contributed by atoms with Crippen molar-refractivity contribution in [3.8, 4) is 22.9 Å². The standard InChI is InChI=1S/C23H25N3O3/c1-16(22(27)26-23(28)25-20-5-3-2-4-6-20)29-21-13-11-19(12-14-21)18-9-7-17(15-24)8-10-18/h7-14,16,20H,2-6H2,1H3,(H2,25,26,27,28)/t16-/m0/s1. The SMILES string of the molecule is C[C@H](Oc1ccc(-c2ccc(C#N)cc2)cc1)C(=O)NC(=O)NC1CCCCC1. The highest BCUT2D eigenvalue weighted by Gasteiger charge is 2.20. The van der Waals surface area contributed by atoms with E-state index in [0.717, 1.165) is 36.8 Å². The number of urea groups is 1. The number of benzene rings is 2. The van der Waals surface area contributed by atoms with Crippen LogP contribution < -0.4 is 15.4 Å². The van der Waals surface area contributed by atoms with Gasteiger partial charge in [-0.3, -0.25) is 10.1 Å². The van der Waals surface area contributed by atoms with E-state index in [0.29, 0.717) is 11.3 Å². The van der Waals surface area contributed by atoms with Crippen LogP contribution >= 0.6 is 0 Å². The van der Waals surface area contributed by atoms with Gasteiger partial charge in [0.2, 0.25) is 0 Å². The molecule has 0 heterocycles. The first-order valence-corrected chi connectivity index (χ1v) is 9.94. The van der Waals surface area contributed by atoms with E-state index in [-0.39, 0.29) is 6.04 Å². The van der Waals surface area contributed by atoms with Crippen molar-refractivity contribution in [2.24, 2.45) is 0 Å². The van der Waals surface area contributed by atoms with Gasteiger partial charge < -0.3 is 10.1 Å². The van der Waals surface area contributed by atoms with Gasteiger partial charge in [-0.15, -0.1) is 0 Å². The summed E-state index contributed by atoms with van der Waals surface area (Å²) < 4.78 is 5.66. The molecule has 2 aromatic carbocycles. The van der Waals surface area contributed by atoms with E-state index < -0.39 is 18.0 Å². The van der Waals surface area contributed by atoms with Gasteiger partial charge >= 0.3 is 6.03 Å². The zero-order valence-corrected chi connectivity index (χ0v) is 16.5. The van der Waals surface area contributed by atoms with Crippen LogP contribution in [0.25, 0.3) is 11.1 Å². The first-order chi connectivity index (χ1) is 14.0. The molecule has 1 saturated carbocycles. The van der Waals surface area contributed by atoms with Crippen LogP contribution in [0.2, 0.25) is 0 Å². The number of nitrogens with zero attached hydrogens (tertiary/aromatic N) is 1. The highest BCUT2D eigenvalue weighted by Crippen LogP contribution is 2.23. The molecule has 150 valence electrons. The molecule has 29 heavy (non-hydrogen) atoms. The minimum atomic E-state index is -0.798. The van der Waals surface area contributed by atoms with Crippen LogP contribution in [0.1, 0.15) is 44.6 Å². The second-order valence-corrected chi connectivity index (χ2v) is 7.27. The molecule has 6 nitrogen and oxygen atoms in total. The maximum Gasteiger partial charge on any atom is 0.321 e. The van der Waals surface area contributed by atoms with Crippen LogP contribution in [-0.2, 0) is 4.79 Å². The molecule has 0 unspecified atom stereocenters. The van der Waals surface area contributed by atoms with Crippen LogP contribution in [0.3, 0.4) is 0 Å². The fraction of sp³-hybridized carbons (Fsp3) is 0.348. The summed E-state index contributed by atoms with van der Waals surface area (Å²) in [4.78, 5) is 24.2. The molecule has 1 atom stereocenters. The van der Waals surface area contributed by atoms with Crippen LogP contribution in [0, 0.1) is 11.3 Å². The Hall–Kier alpha value is -3.33. The smallest absolute Gasteiger partial charge is 0.321 e. The number of amides is 3. The van der Waals surface area contributed by atoms with E-state index >= 15 is 0 Å². The summed E-state index contributed by atoms with van der Waals surface area (Å²) in [5, 5.41) is 14.1. The van der Waals surface area contributed by atoms with Crippen molar-refractivity contribution >= 4 is 11.9 Å². The molecule has 6 heteroatoms. The lowest BCUT2D eigenvalue weighted by Gasteiger charge is -2.23. The molecule has 0 bridgehead atoms. The van der Waals surface area contributed by atoms with Gasteiger partial charge in [0, 0.05) is 6.04 Å². The number of carbonyl (C=O) groups excluding carboxylic acids is 2. The maximum absolute atomic E-state index is 12.2. The number of rotatable bonds is 5. The molecule has 1 fully saturated rings. The number of hydrogen-bond acceptors (Lipinski definition) is 4. The first kappa shape index (κ1) is 20.4. The molecular weight excluding hydrogens is 366 g/mol. The summed E-state index contributed by atoms with van der Waals surface area (Å²) in [5.41, 5.74) is 2.58. The van der Waals surface area contributed by atoms with Crippen molar-refractivity contribution in [3.05, 3.63) is 54.1 Å². The lowest BCUT2D eigenvalue weighted by molar-refractivity contribution is -0.126. The second kappa shape index (κ2) is 9.74. The molecule has 3 amide bonds. The Morgan fingerprint density at radius 3 is 2.17 bits per heavy atom. The van der Waals surface area contributed by atoms with Gasteiger partial charge in [-0.05, 0) is 55.2 Å². The normalized spacial score (nSPS) is 15.0. The third-order valence-electron chi connectivity index (χ3n) is 5.06. The second-order valence-electron chi connectivity index (χ2n) is 7.27. The van der Waals surface area contributed by atoms with Crippen molar-refractivity contribution in [1.29, 1.82) is 5.26 Å². The number of imide groups is 1. The Labute approximate surface area is 170 Å². The third-order valence-corrected chi connectivity index (χ3v) is 5.06. The summed E-state index contributed by atoms with van der Waals surface area (Å²) in [6.07, 6.45) is 4.53. The summed E-state index contributed by atoms with van der Waals surface area (Å²) >= 11 is 0. The molecule has 0 aromatic heterocycles. The van der Waals surface area contributed by atoms with Crippen LogP contribution in [0.4, 0.5) is 4.79 Å². The lowest BCUT2D eigenvalue weighted by atomic mass is 9.96. The van der Waals surface area contributed by atoms with Crippen molar-refractivity contribution in [2.45, 2.75) is 51.2 Å². The number of nitriles is 1. The number of ether oxygens (including phenoxy) is 1.